The number of hydrogen-bond acceptors (Lipinski definition) is 7. The van der Waals surface area contributed by atoms with Crippen LogP contribution >= 0.6 is 8.25 Å². The molecule has 0 aromatic rings. The van der Waals surface area contributed by atoms with Gasteiger partial charge in [0.25, 0.3) is 0 Å². The fraction of sp³-hybridized carbons (Fsp3) is 1.00. The molecule has 2 fully saturated rings. The monoisotopic (exact) mass is 393 g/mol. The van der Waals surface area contributed by atoms with E-state index in [-0.39, 0.29) is 55.4 Å². The zero-order valence-corrected chi connectivity index (χ0v) is 17.6. The SMILES string of the molecule is CC(C)OC[C@H]1O[C@@H](C)CC1O[P+](=O)OC[C@H]1O[C@@H](C)CC1OC(C)C. The standard InChI is InChI=1S/C18H34O7P/c1-11(2)20-9-17-16(8-14(6)23-17)25-26(19)21-10-18-15(22-12(3)4)7-13(5)24-18/h11-18H,7-10H2,1-6H3/q+1/t13-,14-,15?,16?,17+,18+/m0/s1. The van der Waals surface area contributed by atoms with Gasteiger partial charge in [-0.05, 0) is 41.5 Å². The molecule has 7 atom stereocenters. The fourth-order valence-electron chi connectivity index (χ4n) is 3.30. The first kappa shape index (κ1) is 22.2. The van der Waals surface area contributed by atoms with Crippen LogP contribution in [0, 0.1) is 0 Å². The van der Waals surface area contributed by atoms with Gasteiger partial charge in [0.05, 0.1) is 37.1 Å². The summed E-state index contributed by atoms with van der Waals surface area (Å²) in [5.41, 5.74) is 0. The maximum absolute atomic E-state index is 12.3. The van der Waals surface area contributed by atoms with Gasteiger partial charge in [0.1, 0.15) is 24.9 Å². The lowest BCUT2D eigenvalue weighted by Gasteiger charge is -2.19. The molecule has 2 aliphatic heterocycles. The summed E-state index contributed by atoms with van der Waals surface area (Å²) in [6.45, 7) is 12.5. The molecule has 152 valence electrons. The highest BCUT2D eigenvalue weighted by Crippen LogP contribution is 2.35. The average Bonchev–Trinajstić information content (AvgIpc) is 3.04. The van der Waals surface area contributed by atoms with Crippen molar-refractivity contribution in [3.8, 4) is 0 Å². The van der Waals surface area contributed by atoms with Crippen molar-refractivity contribution in [2.45, 2.75) is 103 Å². The highest BCUT2D eigenvalue weighted by molar-refractivity contribution is 7.33. The molecule has 0 saturated carbocycles. The Bertz CT molecular complexity index is 445. The minimum absolute atomic E-state index is 0.0459. The Morgan fingerprint density at radius 3 is 2.08 bits per heavy atom. The molecular weight excluding hydrogens is 359 g/mol. The smallest absolute Gasteiger partial charge is 0.376 e. The van der Waals surface area contributed by atoms with Gasteiger partial charge >= 0.3 is 8.25 Å². The molecule has 8 heteroatoms. The predicted molar refractivity (Wildman–Crippen MR) is 97.4 cm³/mol. The predicted octanol–water partition coefficient (Wildman–Crippen LogP) is 3.62. The molecule has 0 aromatic carbocycles. The molecule has 0 N–H and O–H groups in total. The second kappa shape index (κ2) is 10.4. The Kier molecular flexibility index (Phi) is 8.88. The van der Waals surface area contributed by atoms with E-state index in [0.717, 1.165) is 6.42 Å². The van der Waals surface area contributed by atoms with E-state index in [1.54, 1.807) is 0 Å². The first-order chi connectivity index (χ1) is 12.2. The topological polar surface area (TPSA) is 72.5 Å². The van der Waals surface area contributed by atoms with Gasteiger partial charge in [0.2, 0.25) is 0 Å². The molecule has 2 heterocycles. The van der Waals surface area contributed by atoms with E-state index < -0.39 is 8.25 Å². The normalized spacial score (nSPS) is 35.6. The third kappa shape index (κ3) is 7.12. The molecule has 2 rings (SSSR count). The van der Waals surface area contributed by atoms with Crippen LogP contribution in [0.4, 0.5) is 0 Å². The van der Waals surface area contributed by atoms with E-state index in [2.05, 4.69) is 0 Å². The van der Waals surface area contributed by atoms with E-state index in [4.69, 9.17) is 28.0 Å². The first-order valence-electron chi connectivity index (χ1n) is 9.59. The third-order valence-corrected chi connectivity index (χ3v) is 5.18. The molecule has 3 unspecified atom stereocenters. The van der Waals surface area contributed by atoms with Crippen LogP contribution in [0.1, 0.15) is 54.4 Å². The zero-order chi connectivity index (χ0) is 19.3. The summed E-state index contributed by atoms with van der Waals surface area (Å²) in [6, 6.07) is 0. The van der Waals surface area contributed by atoms with Crippen LogP contribution in [0.3, 0.4) is 0 Å². The van der Waals surface area contributed by atoms with Gasteiger partial charge in [0.15, 0.2) is 0 Å². The minimum atomic E-state index is -2.25. The first-order valence-corrected chi connectivity index (χ1v) is 10.7. The zero-order valence-electron chi connectivity index (χ0n) is 16.8. The van der Waals surface area contributed by atoms with Crippen LogP contribution in [0.5, 0.6) is 0 Å². The molecule has 0 spiro atoms. The van der Waals surface area contributed by atoms with Crippen LogP contribution in [0.15, 0.2) is 0 Å². The summed E-state index contributed by atoms with van der Waals surface area (Å²) in [5.74, 6) is 0. The van der Waals surface area contributed by atoms with E-state index in [9.17, 15) is 4.57 Å². The molecule has 2 saturated heterocycles. The van der Waals surface area contributed by atoms with Crippen LogP contribution in [-0.4, -0.2) is 62.0 Å². The van der Waals surface area contributed by atoms with Crippen LogP contribution < -0.4 is 0 Å². The average molecular weight is 393 g/mol. The molecule has 2 aliphatic rings. The number of ether oxygens (including phenoxy) is 4. The Morgan fingerprint density at radius 2 is 1.50 bits per heavy atom. The van der Waals surface area contributed by atoms with Gasteiger partial charge in [-0.3, -0.25) is 0 Å². The highest BCUT2D eigenvalue weighted by atomic mass is 31.1. The van der Waals surface area contributed by atoms with Crippen molar-refractivity contribution in [2.75, 3.05) is 13.2 Å². The molecular formula is C18H34O7P+. The third-order valence-electron chi connectivity index (χ3n) is 4.38. The van der Waals surface area contributed by atoms with Gasteiger partial charge in [-0.1, -0.05) is 0 Å². The quantitative estimate of drug-likeness (QED) is 0.525. The lowest BCUT2D eigenvalue weighted by Crippen LogP contribution is -2.31. The lowest BCUT2D eigenvalue weighted by atomic mass is 10.1. The number of rotatable bonds is 10. The van der Waals surface area contributed by atoms with Gasteiger partial charge < -0.3 is 18.9 Å². The summed E-state index contributed by atoms with van der Waals surface area (Å²) >= 11 is 0. The van der Waals surface area contributed by atoms with E-state index in [0.29, 0.717) is 13.0 Å². The Balaban J connectivity index is 1.78. The largest absolute Gasteiger partial charge is 0.697 e. The van der Waals surface area contributed by atoms with Crippen molar-refractivity contribution in [1.29, 1.82) is 0 Å². The van der Waals surface area contributed by atoms with Crippen LogP contribution in [0.25, 0.3) is 0 Å². The van der Waals surface area contributed by atoms with Crippen LogP contribution in [-0.2, 0) is 32.6 Å². The molecule has 0 radical (unpaired) electrons. The molecule has 0 bridgehead atoms. The second-order valence-corrected chi connectivity index (χ2v) is 8.63. The van der Waals surface area contributed by atoms with Crippen molar-refractivity contribution < 1.29 is 32.6 Å². The molecule has 26 heavy (non-hydrogen) atoms. The van der Waals surface area contributed by atoms with Gasteiger partial charge in [-0.2, -0.15) is 0 Å². The minimum Gasteiger partial charge on any atom is -0.376 e. The highest BCUT2D eigenvalue weighted by Gasteiger charge is 2.43. The van der Waals surface area contributed by atoms with Crippen molar-refractivity contribution in [3.05, 3.63) is 0 Å². The van der Waals surface area contributed by atoms with E-state index in [1.165, 1.54) is 0 Å². The van der Waals surface area contributed by atoms with Crippen molar-refractivity contribution in [1.82, 2.24) is 0 Å². The van der Waals surface area contributed by atoms with Gasteiger partial charge in [-0.15, -0.1) is 9.05 Å². The fourth-order valence-corrected chi connectivity index (χ4v) is 4.07. The van der Waals surface area contributed by atoms with Gasteiger partial charge in [-0.25, -0.2) is 0 Å². The summed E-state index contributed by atoms with van der Waals surface area (Å²) < 4.78 is 46.4. The Morgan fingerprint density at radius 1 is 0.923 bits per heavy atom. The Hall–Kier alpha value is -0.140. The summed E-state index contributed by atoms with van der Waals surface area (Å²) in [6.07, 6.45) is 1.07. The maximum Gasteiger partial charge on any atom is 0.697 e. The van der Waals surface area contributed by atoms with Crippen molar-refractivity contribution in [3.63, 3.8) is 0 Å². The van der Waals surface area contributed by atoms with E-state index in [1.807, 2.05) is 41.5 Å². The summed E-state index contributed by atoms with van der Waals surface area (Å²) in [7, 11) is -2.25. The number of hydrogen-bond donors (Lipinski definition) is 0. The van der Waals surface area contributed by atoms with Crippen LogP contribution in [0.2, 0.25) is 0 Å². The lowest BCUT2D eigenvalue weighted by molar-refractivity contribution is -0.0640. The van der Waals surface area contributed by atoms with E-state index >= 15 is 0 Å². The summed E-state index contributed by atoms with van der Waals surface area (Å²) in [4.78, 5) is 0. The molecule has 7 nitrogen and oxygen atoms in total. The maximum atomic E-state index is 12.3. The molecule has 0 amide bonds. The molecule has 0 aromatic heterocycles. The van der Waals surface area contributed by atoms with Crippen molar-refractivity contribution >= 4 is 8.25 Å². The Labute approximate surface area is 157 Å². The second-order valence-electron chi connectivity index (χ2n) is 7.71. The van der Waals surface area contributed by atoms with Crippen molar-refractivity contribution in [2.24, 2.45) is 0 Å². The summed E-state index contributed by atoms with van der Waals surface area (Å²) in [5, 5.41) is 0. The molecule has 0 aliphatic carbocycles. The van der Waals surface area contributed by atoms with Gasteiger partial charge in [0, 0.05) is 17.4 Å².